The van der Waals surface area contributed by atoms with E-state index in [4.69, 9.17) is 23.2 Å². The van der Waals surface area contributed by atoms with E-state index in [-0.39, 0.29) is 28.1 Å². The molecule has 3 aromatic rings. The van der Waals surface area contributed by atoms with Crippen molar-refractivity contribution in [2.75, 3.05) is 10.8 Å². The molecule has 0 saturated heterocycles. The van der Waals surface area contributed by atoms with Gasteiger partial charge in [-0.1, -0.05) is 72.6 Å². The van der Waals surface area contributed by atoms with Gasteiger partial charge in [-0.3, -0.25) is 13.9 Å². The number of nitrogens with zero attached hydrogens (tertiary/aromatic N) is 2. The summed E-state index contributed by atoms with van der Waals surface area (Å²) in [6, 6.07) is 20.4. The van der Waals surface area contributed by atoms with E-state index in [0.717, 1.165) is 9.87 Å². The highest BCUT2D eigenvalue weighted by atomic mass is 35.5. The summed E-state index contributed by atoms with van der Waals surface area (Å²) in [5, 5.41) is 3.65. The quantitative estimate of drug-likeness (QED) is 0.318. The van der Waals surface area contributed by atoms with Gasteiger partial charge in [0.1, 0.15) is 12.6 Å². The van der Waals surface area contributed by atoms with Crippen molar-refractivity contribution in [2.45, 2.75) is 57.1 Å². The molecule has 0 aliphatic heterocycles. The van der Waals surface area contributed by atoms with E-state index in [1.54, 1.807) is 66.7 Å². The minimum Gasteiger partial charge on any atom is -0.350 e. The first-order valence-corrected chi connectivity index (χ1v) is 14.7. The number of hydrogen-bond acceptors (Lipinski definition) is 4. The molecule has 3 rings (SSSR count). The molecular formula is C29H33Cl2N3O4S. The lowest BCUT2D eigenvalue weighted by atomic mass is 10.1. The lowest BCUT2D eigenvalue weighted by molar-refractivity contribution is -0.141. The summed E-state index contributed by atoms with van der Waals surface area (Å²) in [5.74, 6) is -0.886. The van der Waals surface area contributed by atoms with Gasteiger partial charge in [0, 0.05) is 17.1 Å². The van der Waals surface area contributed by atoms with Crippen molar-refractivity contribution in [3.05, 3.63) is 94.5 Å². The third kappa shape index (κ3) is 7.97. The molecule has 2 amide bonds. The van der Waals surface area contributed by atoms with Gasteiger partial charge in [0.2, 0.25) is 11.8 Å². The van der Waals surface area contributed by atoms with Crippen LogP contribution in [0.2, 0.25) is 10.0 Å². The van der Waals surface area contributed by atoms with Crippen molar-refractivity contribution in [1.29, 1.82) is 0 Å². The van der Waals surface area contributed by atoms with Crippen LogP contribution in [-0.2, 0) is 26.2 Å². The Morgan fingerprint density at radius 3 is 2.05 bits per heavy atom. The Labute approximate surface area is 240 Å². The molecule has 1 N–H and O–H groups in total. The van der Waals surface area contributed by atoms with Crippen LogP contribution < -0.4 is 9.62 Å². The highest BCUT2D eigenvalue weighted by Crippen LogP contribution is 2.31. The second-order valence-electron chi connectivity index (χ2n) is 10.1. The molecule has 0 aliphatic carbocycles. The van der Waals surface area contributed by atoms with E-state index in [0.29, 0.717) is 11.4 Å². The molecule has 0 radical (unpaired) electrons. The fourth-order valence-corrected chi connectivity index (χ4v) is 5.91. The molecule has 7 nitrogen and oxygen atoms in total. The number of benzene rings is 3. The largest absolute Gasteiger partial charge is 0.350 e. The number of carbonyl (C=O) groups is 2. The lowest BCUT2D eigenvalue weighted by Crippen LogP contribution is -2.55. The molecule has 0 aromatic heterocycles. The van der Waals surface area contributed by atoms with Crippen LogP contribution in [-0.4, -0.2) is 43.3 Å². The SMILES string of the molecule is CC[C@@H](C(=O)NC(C)(C)C)N(Cc1ccc(Cl)cc1)C(=O)CN(c1ccccc1Cl)S(=O)(=O)c1ccccc1. The van der Waals surface area contributed by atoms with E-state index >= 15 is 0 Å². The van der Waals surface area contributed by atoms with Crippen molar-refractivity contribution in [3.63, 3.8) is 0 Å². The molecule has 0 aliphatic rings. The molecule has 39 heavy (non-hydrogen) atoms. The maximum Gasteiger partial charge on any atom is 0.264 e. The molecule has 0 heterocycles. The molecule has 0 fully saturated rings. The molecule has 10 heteroatoms. The number of halogens is 2. The van der Waals surface area contributed by atoms with Crippen LogP contribution >= 0.6 is 23.2 Å². The Morgan fingerprint density at radius 2 is 1.49 bits per heavy atom. The maximum absolute atomic E-state index is 14.0. The van der Waals surface area contributed by atoms with Crippen molar-refractivity contribution in [3.8, 4) is 0 Å². The number of para-hydroxylation sites is 1. The molecular weight excluding hydrogens is 557 g/mol. The van der Waals surface area contributed by atoms with Crippen LogP contribution in [0.4, 0.5) is 5.69 Å². The topological polar surface area (TPSA) is 86.8 Å². The summed E-state index contributed by atoms with van der Waals surface area (Å²) in [6.45, 7) is 6.89. The van der Waals surface area contributed by atoms with E-state index in [2.05, 4.69) is 5.32 Å². The predicted octanol–water partition coefficient (Wildman–Crippen LogP) is 5.91. The zero-order valence-corrected chi connectivity index (χ0v) is 24.7. The smallest absolute Gasteiger partial charge is 0.264 e. The summed E-state index contributed by atoms with van der Waals surface area (Å²) < 4.78 is 28.6. The van der Waals surface area contributed by atoms with Gasteiger partial charge in [0.15, 0.2) is 0 Å². The first kappa shape index (κ1) is 30.5. The Balaban J connectivity index is 2.07. The summed E-state index contributed by atoms with van der Waals surface area (Å²) in [4.78, 5) is 28.8. The number of carbonyl (C=O) groups excluding carboxylic acids is 2. The van der Waals surface area contributed by atoms with Gasteiger partial charge in [-0.2, -0.15) is 0 Å². The van der Waals surface area contributed by atoms with Crippen LogP contribution in [0.3, 0.4) is 0 Å². The fraction of sp³-hybridized carbons (Fsp3) is 0.310. The molecule has 0 unspecified atom stereocenters. The Bertz CT molecular complexity index is 1390. The predicted molar refractivity (Wildman–Crippen MR) is 156 cm³/mol. The van der Waals surface area contributed by atoms with Gasteiger partial charge in [-0.05, 0) is 69.2 Å². The summed E-state index contributed by atoms with van der Waals surface area (Å²) in [5.41, 5.74) is 0.375. The monoisotopic (exact) mass is 589 g/mol. The van der Waals surface area contributed by atoms with E-state index < -0.39 is 34.1 Å². The number of anilines is 1. The first-order valence-electron chi connectivity index (χ1n) is 12.5. The van der Waals surface area contributed by atoms with Crippen molar-refractivity contribution >= 4 is 50.7 Å². The van der Waals surface area contributed by atoms with Crippen LogP contribution in [0.15, 0.2) is 83.8 Å². The standard InChI is InChI=1S/C29H33Cl2N3O4S/c1-5-25(28(36)32-29(2,3)4)33(19-21-15-17-22(30)18-16-21)27(35)20-34(26-14-10-9-13-24(26)31)39(37,38)23-11-7-6-8-12-23/h6-18,25H,5,19-20H2,1-4H3,(H,32,36)/t25-/m0/s1. The molecule has 1 atom stereocenters. The molecule has 208 valence electrons. The molecule has 3 aromatic carbocycles. The van der Waals surface area contributed by atoms with Gasteiger partial charge >= 0.3 is 0 Å². The lowest BCUT2D eigenvalue weighted by Gasteiger charge is -2.35. The van der Waals surface area contributed by atoms with Crippen LogP contribution in [0.1, 0.15) is 39.7 Å². The van der Waals surface area contributed by atoms with E-state index in [1.165, 1.54) is 17.0 Å². The maximum atomic E-state index is 14.0. The Morgan fingerprint density at radius 1 is 0.897 bits per heavy atom. The normalized spacial score (nSPS) is 12.5. The first-order chi connectivity index (χ1) is 18.3. The third-order valence-corrected chi connectivity index (χ3v) is 8.23. The van der Waals surface area contributed by atoms with Crippen LogP contribution in [0.25, 0.3) is 0 Å². The summed E-state index contributed by atoms with van der Waals surface area (Å²) >= 11 is 12.5. The van der Waals surface area contributed by atoms with Crippen molar-refractivity contribution in [1.82, 2.24) is 10.2 Å². The van der Waals surface area contributed by atoms with Gasteiger partial charge in [0.05, 0.1) is 15.6 Å². The highest BCUT2D eigenvalue weighted by Gasteiger charge is 2.35. The Hall–Kier alpha value is -3.07. The zero-order valence-electron chi connectivity index (χ0n) is 22.4. The minimum absolute atomic E-state index is 0.0134. The minimum atomic E-state index is -4.18. The van der Waals surface area contributed by atoms with Crippen molar-refractivity contribution < 1.29 is 18.0 Å². The number of sulfonamides is 1. The number of amides is 2. The second kappa shape index (κ2) is 12.9. The number of nitrogens with one attached hydrogen (secondary N) is 1. The second-order valence-corrected chi connectivity index (χ2v) is 12.8. The Kier molecular flexibility index (Phi) is 10.0. The van der Waals surface area contributed by atoms with E-state index in [1.807, 2.05) is 27.7 Å². The van der Waals surface area contributed by atoms with Gasteiger partial charge in [-0.15, -0.1) is 0 Å². The average Bonchev–Trinajstić information content (AvgIpc) is 2.88. The zero-order chi connectivity index (χ0) is 28.8. The van der Waals surface area contributed by atoms with Crippen molar-refractivity contribution in [2.24, 2.45) is 0 Å². The van der Waals surface area contributed by atoms with E-state index in [9.17, 15) is 18.0 Å². The third-order valence-electron chi connectivity index (χ3n) is 5.88. The fourth-order valence-electron chi connectivity index (χ4n) is 4.05. The summed E-state index contributed by atoms with van der Waals surface area (Å²) in [6.07, 6.45) is 0.318. The van der Waals surface area contributed by atoms with Gasteiger partial charge < -0.3 is 10.2 Å². The highest BCUT2D eigenvalue weighted by molar-refractivity contribution is 7.92. The molecule has 0 bridgehead atoms. The number of hydrogen-bond donors (Lipinski definition) is 1. The number of rotatable bonds is 10. The van der Waals surface area contributed by atoms with Gasteiger partial charge in [-0.25, -0.2) is 8.42 Å². The molecule has 0 saturated carbocycles. The summed E-state index contributed by atoms with van der Waals surface area (Å²) in [7, 11) is -4.18. The van der Waals surface area contributed by atoms with Crippen LogP contribution in [0, 0.1) is 0 Å². The molecule has 0 spiro atoms. The van der Waals surface area contributed by atoms with Gasteiger partial charge in [0.25, 0.3) is 10.0 Å². The van der Waals surface area contributed by atoms with Crippen LogP contribution in [0.5, 0.6) is 0 Å². The average molecular weight is 591 g/mol.